The van der Waals surface area contributed by atoms with Crippen molar-refractivity contribution >= 4 is 55.0 Å². The molecule has 0 bridgehead atoms. The third kappa shape index (κ3) is 3.48. The second kappa shape index (κ2) is 8.75. The average Bonchev–Trinajstić information content (AvgIpc) is 3.51. The zero-order valence-electron chi connectivity index (χ0n) is 21.5. The summed E-state index contributed by atoms with van der Waals surface area (Å²) in [5.41, 5.74) is 5.61. The van der Waals surface area contributed by atoms with Gasteiger partial charge in [-0.25, -0.2) is 9.69 Å². The highest BCUT2D eigenvalue weighted by atomic mass is 15.3. The summed E-state index contributed by atoms with van der Waals surface area (Å²) in [7, 11) is 0. The van der Waals surface area contributed by atoms with Gasteiger partial charge in [-0.2, -0.15) is 25.5 Å². The summed E-state index contributed by atoms with van der Waals surface area (Å²) in [6.07, 6.45) is 0. The Hall–Kier alpha value is -6.55. The molecule has 0 amide bonds. The molecule has 0 saturated carbocycles. The van der Waals surface area contributed by atoms with Crippen LogP contribution in [0.25, 0.3) is 65.2 Å². The van der Waals surface area contributed by atoms with Crippen LogP contribution in [0.1, 0.15) is 17.0 Å². The molecule has 0 aliphatic rings. The molecular weight excluding hydrogens is 510 g/mol. The van der Waals surface area contributed by atoms with E-state index in [0.29, 0.717) is 16.9 Å². The fraction of sp³-hybridized carbons (Fsp3) is 0.0312. The summed E-state index contributed by atoms with van der Waals surface area (Å²) in [4.78, 5) is 21.0. The Morgan fingerprint density at radius 1 is 0.610 bits per heavy atom. The molecule has 3 aromatic heterocycles. The van der Waals surface area contributed by atoms with Crippen LogP contribution in [0.5, 0.6) is 0 Å². The molecule has 9 nitrogen and oxygen atoms in total. The van der Waals surface area contributed by atoms with Gasteiger partial charge in [0.15, 0.2) is 11.4 Å². The lowest BCUT2D eigenvalue weighted by molar-refractivity contribution is 0.873. The first kappa shape index (κ1) is 23.6. The van der Waals surface area contributed by atoms with Crippen molar-refractivity contribution in [2.45, 2.75) is 6.92 Å². The third-order valence-corrected chi connectivity index (χ3v) is 7.15. The zero-order chi connectivity index (χ0) is 28.2. The molecule has 0 aliphatic carbocycles. The van der Waals surface area contributed by atoms with Crippen LogP contribution in [-0.2, 0) is 0 Å². The topological polar surface area (TPSA) is 105 Å². The lowest BCUT2D eigenvalue weighted by Crippen LogP contribution is -2.10. The van der Waals surface area contributed by atoms with Crippen molar-refractivity contribution in [3.63, 3.8) is 0 Å². The Balaban J connectivity index is 1.58. The Kier molecular flexibility index (Phi) is 5.03. The molecule has 3 heterocycles. The third-order valence-electron chi connectivity index (χ3n) is 7.15. The largest absolute Gasteiger partial charge is 0.278 e. The molecule has 0 atom stereocenters. The monoisotopic (exact) mass is 525 g/mol. The minimum absolute atomic E-state index is 0.0636. The Morgan fingerprint density at radius 2 is 1.10 bits per heavy atom. The number of nitriles is 2. The number of fused-ring (bicyclic) bond motifs is 6. The number of aromatic nitrogens is 5. The number of hydrogen-bond acceptors (Lipinski definition) is 5. The molecule has 4 aromatic carbocycles. The van der Waals surface area contributed by atoms with E-state index in [1.807, 2.05) is 52.5 Å². The Labute approximate surface area is 233 Å². The molecule has 7 aromatic rings. The molecular formula is C32H15N9. The van der Waals surface area contributed by atoms with Crippen molar-refractivity contribution in [3.8, 4) is 24.0 Å². The molecule has 0 spiro atoms. The van der Waals surface area contributed by atoms with E-state index in [1.54, 1.807) is 30.3 Å². The van der Waals surface area contributed by atoms with Gasteiger partial charge >= 0.3 is 0 Å². The number of aryl methyl sites for hydroxylation is 1. The summed E-state index contributed by atoms with van der Waals surface area (Å²) in [5, 5.41) is 22.8. The van der Waals surface area contributed by atoms with E-state index in [2.05, 4.69) is 37.9 Å². The minimum atomic E-state index is -0.0636. The molecule has 0 N–H and O–H groups in total. The van der Waals surface area contributed by atoms with Gasteiger partial charge in [-0.05, 0) is 72.3 Å². The summed E-state index contributed by atoms with van der Waals surface area (Å²) < 4.78 is 3.70. The van der Waals surface area contributed by atoms with Crippen LogP contribution in [0.4, 0.5) is 11.4 Å². The fourth-order valence-corrected chi connectivity index (χ4v) is 5.38. The molecule has 41 heavy (non-hydrogen) atoms. The van der Waals surface area contributed by atoms with Crippen LogP contribution in [0.2, 0.25) is 0 Å². The molecule has 0 saturated heterocycles. The van der Waals surface area contributed by atoms with Gasteiger partial charge in [-0.1, -0.05) is 23.8 Å². The molecule has 0 fully saturated rings. The molecule has 9 heteroatoms. The first-order valence-electron chi connectivity index (χ1n) is 12.5. The number of nitrogens with zero attached hydrogens (tertiary/aromatic N) is 9. The average molecular weight is 526 g/mol. The Bertz CT molecular complexity index is 2360. The predicted molar refractivity (Wildman–Crippen MR) is 155 cm³/mol. The van der Waals surface area contributed by atoms with Crippen molar-refractivity contribution in [3.05, 3.63) is 113 Å². The lowest BCUT2D eigenvalue weighted by atomic mass is 10.1. The highest BCUT2D eigenvalue weighted by Crippen LogP contribution is 2.37. The van der Waals surface area contributed by atoms with Gasteiger partial charge < -0.3 is 0 Å². The number of benzene rings is 4. The maximum Gasteiger partial charge on any atom is 0.240 e. The van der Waals surface area contributed by atoms with Crippen LogP contribution in [0, 0.1) is 42.7 Å². The maximum absolute atomic E-state index is 9.95. The molecule has 7 rings (SSSR count). The Morgan fingerprint density at radius 3 is 1.61 bits per heavy atom. The van der Waals surface area contributed by atoms with Crippen molar-refractivity contribution in [2.24, 2.45) is 0 Å². The van der Waals surface area contributed by atoms with Gasteiger partial charge in [0.25, 0.3) is 0 Å². The molecule has 0 radical (unpaired) electrons. The smallest absolute Gasteiger partial charge is 0.240 e. The van der Waals surface area contributed by atoms with Gasteiger partial charge in [0.05, 0.1) is 46.8 Å². The van der Waals surface area contributed by atoms with Gasteiger partial charge in [-0.3, -0.25) is 9.13 Å². The summed E-state index contributed by atoms with van der Waals surface area (Å²) in [6, 6.07) is 26.4. The molecule has 188 valence electrons. The summed E-state index contributed by atoms with van der Waals surface area (Å²) in [5.74, 6) is 0.422. The fourth-order valence-electron chi connectivity index (χ4n) is 5.38. The first-order chi connectivity index (χ1) is 20.0. The standard InChI is InChI=1S/C32H15N9/c1-18-4-8-26-22(12-18)23-13-19(16-33)5-9-27(23)40(26)31-37-30(17-34)38-32(39-31)41-28-10-6-20(35-2)14-24(28)25-15-21(36-3)7-11-29(25)41/h4-15H,1H3. The van der Waals surface area contributed by atoms with E-state index < -0.39 is 0 Å². The number of rotatable bonds is 2. The minimum Gasteiger partial charge on any atom is -0.278 e. The van der Waals surface area contributed by atoms with Crippen molar-refractivity contribution < 1.29 is 0 Å². The summed E-state index contributed by atoms with van der Waals surface area (Å²) in [6.45, 7) is 17.0. The maximum atomic E-state index is 9.95. The highest BCUT2D eigenvalue weighted by Gasteiger charge is 2.20. The van der Waals surface area contributed by atoms with Gasteiger partial charge in [-0.15, -0.1) is 0 Å². The van der Waals surface area contributed by atoms with Crippen LogP contribution in [-0.4, -0.2) is 24.1 Å². The van der Waals surface area contributed by atoms with Crippen molar-refractivity contribution in [1.29, 1.82) is 10.5 Å². The molecule has 0 aliphatic heterocycles. The van der Waals surface area contributed by atoms with Gasteiger partial charge in [0.2, 0.25) is 17.7 Å². The second-order valence-corrected chi connectivity index (χ2v) is 9.53. The normalized spacial score (nSPS) is 11.0. The number of hydrogen-bond donors (Lipinski definition) is 0. The van der Waals surface area contributed by atoms with Crippen molar-refractivity contribution in [1.82, 2.24) is 24.1 Å². The van der Waals surface area contributed by atoms with Crippen LogP contribution in [0.15, 0.2) is 72.8 Å². The van der Waals surface area contributed by atoms with Gasteiger partial charge in [0, 0.05) is 10.8 Å². The van der Waals surface area contributed by atoms with Crippen LogP contribution in [0.3, 0.4) is 0 Å². The molecule has 0 unspecified atom stereocenters. The van der Waals surface area contributed by atoms with E-state index in [4.69, 9.17) is 18.1 Å². The second-order valence-electron chi connectivity index (χ2n) is 9.53. The quantitative estimate of drug-likeness (QED) is 0.222. The van der Waals surface area contributed by atoms with E-state index in [0.717, 1.165) is 49.2 Å². The first-order valence-corrected chi connectivity index (χ1v) is 12.5. The summed E-state index contributed by atoms with van der Waals surface area (Å²) >= 11 is 0. The van der Waals surface area contributed by atoms with E-state index in [-0.39, 0.29) is 17.7 Å². The van der Waals surface area contributed by atoms with Crippen LogP contribution < -0.4 is 0 Å². The van der Waals surface area contributed by atoms with E-state index in [1.165, 1.54) is 0 Å². The van der Waals surface area contributed by atoms with E-state index in [9.17, 15) is 10.5 Å². The highest BCUT2D eigenvalue weighted by molar-refractivity contribution is 6.11. The van der Waals surface area contributed by atoms with Crippen LogP contribution >= 0.6 is 0 Å². The SMILES string of the molecule is [C-]#[N+]c1ccc2c(c1)c1cc([N+]#[C-])ccc1n2-c1nc(C#N)nc(-n2c3ccc(C)cc3c3cc(C#N)ccc32)n1. The zero-order valence-corrected chi connectivity index (χ0v) is 21.5. The van der Waals surface area contributed by atoms with E-state index >= 15 is 0 Å². The van der Waals surface area contributed by atoms with Crippen molar-refractivity contribution in [2.75, 3.05) is 0 Å². The predicted octanol–water partition coefficient (Wildman–Crippen LogP) is 7.22. The lowest BCUT2D eigenvalue weighted by Gasteiger charge is -2.10. The van der Waals surface area contributed by atoms with Gasteiger partial charge in [0.1, 0.15) is 6.07 Å².